The van der Waals surface area contributed by atoms with Crippen LogP contribution in [-0.2, 0) is 0 Å². The van der Waals surface area contributed by atoms with Crippen molar-refractivity contribution in [1.29, 1.82) is 0 Å². The number of hydrogen-bond donors (Lipinski definition) is 1. The van der Waals surface area contributed by atoms with Crippen LogP contribution in [0.25, 0.3) is 0 Å². The fourth-order valence-electron chi connectivity index (χ4n) is 1.77. The number of rotatable bonds is 1. The molecule has 1 aromatic rings. The molecule has 0 unspecified atom stereocenters. The van der Waals surface area contributed by atoms with E-state index >= 15 is 0 Å². The first kappa shape index (κ1) is 7.81. The van der Waals surface area contributed by atoms with Gasteiger partial charge in [-0.25, -0.2) is 0 Å². The van der Waals surface area contributed by atoms with Crippen LogP contribution in [0.3, 0.4) is 0 Å². The molecule has 1 fully saturated rings. The van der Waals surface area contributed by atoms with E-state index in [2.05, 4.69) is 37.4 Å². The highest BCUT2D eigenvalue weighted by Crippen LogP contribution is 2.25. The number of nitrogens with one attached hydrogen (secondary N) is 1. The Kier molecular flexibility index (Phi) is 1.89. The zero-order valence-corrected chi connectivity index (χ0v) is 7.72. The summed E-state index contributed by atoms with van der Waals surface area (Å²) < 4.78 is 0. The average molecular weight is 161 g/mol. The van der Waals surface area contributed by atoms with Gasteiger partial charge < -0.3 is 5.32 Å². The molecule has 1 atom stereocenters. The highest BCUT2D eigenvalue weighted by Gasteiger charge is 2.19. The van der Waals surface area contributed by atoms with Crippen molar-refractivity contribution in [3.8, 4) is 0 Å². The Morgan fingerprint density at radius 2 is 2.08 bits per heavy atom. The van der Waals surface area contributed by atoms with Gasteiger partial charge in [-0.2, -0.15) is 0 Å². The molecule has 64 valence electrons. The van der Waals surface area contributed by atoms with Gasteiger partial charge in [0.15, 0.2) is 0 Å². The van der Waals surface area contributed by atoms with E-state index in [-0.39, 0.29) is 0 Å². The van der Waals surface area contributed by atoms with Crippen molar-refractivity contribution in [1.82, 2.24) is 5.32 Å². The van der Waals surface area contributed by atoms with Gasteiger partial charge in [-0.1, -0.05) is 23.8 Å². The molecule has 0 amide bonds. The molecule has 0 saturated carbocycles. The van der Waals surface area contributed by atoms with Crippen molar-refractivity contribution in [3.63, 3.8) is 0 Å². The molecule has 0 aliphatic carbocycles. The topological polar surface area (TPSA) is 12.0 Å². The fourth-order valence-corrected chi connectivity index (χ4v) is 1.77. The molecule has 1 nitrogen and oxygen atoms in total. The molecule has 1 aliphatic heterocycles. The molecule has 2 rings (SSSR count). The van der Waals surface area contributed by atoms with Crippen LogP contribution in [0.5, 0.6) is 0 Å². The smallest absolute Gasteiger partial charge is 0.0334 e. The van der Waals surface area contributed by atoms with E-state index in [0.717, 1.165) is 0 Å². The predicted molar refractivity (Wildman–Crippen MR) is 51.3 cm³/mol. The summed E-state index contributed by atoms with van der Waals surface area (Å²) in [6.45, 7) is 5.52. The van der Waals surface area contributed by atoms with E-state index in [4.69, 9.17) is 0 Å². The highest BCUT2D eigenvalue weighted by atomic mass is 15.0. The first-order valence-electron chi connectivity index (χ1n) is 4.58. The van der Waals surface area contributed by atoms with Crippen LogP contribution < -0.4 is 5.32 Å². The minimum atomic E-state index is 0.630. The first-order valence-corrected chi connectivity index (χ1v) is 4.58. The molecule has 1 heterocycles. The molecular formula is C11H15N. The van der Waals surface area contributed by atoms with Gasteiger partial charge in [0, 0.05) is 6.04 Å². The van der Waals surface area contributed by atoms with Gasteiger partial charge in [0.1, 0.15) is 0 Å². The number of benzene rings is 1. The van der Waals surface area contributed by atoms with E-state index in [0.29, 0.717) is 6.04 Å². The van der Waals surface area contributed by atoms with Gasteiger partial charge in [-0.05, 0) is 37.9 Å². The Hall–Kier alpha value is -0.820. The molecule has 1 heteroatoms. The van der Waals surface area contributed by atoms with Crippen LogP contribution in [0.1, 0.15) is 29.2 Å². The monoisotopic (exact) mass is 161 g/mol. The normalized spacial score (nSPS) is 22.0. The SMILES string of the molecule is Cc1ccc([C@@H]2CCN2)c(C)c1. The number of aryl methyl sites for hydroxylation is 2. The maximum absolute atomic E-state index is 3.42. The minimum Gasteiger partial charge on any atom is -0.310 e. The van der Waals surface area contributed by atoms with Crippen LogP contribution in [0, 0.1) is 13.8 Å². The summed E-state index contributed by atoms with van der Waals surface area (Å²) in [4.78, 5) is 0. The summed E-state index contributed by atoms with van der Waals surface area (Å²) >= 11 is 0. The lowest BCUT2D eigenvalue weighted by atomic mass is 9.93. The largest absolute Gasteiger partial charge is 0.310 e. The molecule has 0 bridgehead atoms. The fraction of sp³-hybridized carbons (Fsp3) is 0.455. The van der Waals surface area contributed by atoms with Crippen molar-refractivity contribution in [3.05, 3.63) is 34.9 Å². The number of hydrogen-bond acceptors (Lipinski definition) is 1. The van der Waals surface area contributed by atoms with Crippen LogP contribution in [0.4, 0.5) is 0 Å². The second-order valence-corrected chi connectivity index (χ2v) is 3.66. The van der Waals surface area contributed by atoms with Gasteiger partial charge >= 0.3 is 0 Å². The van der Waals surface area contributed by atoms with Crippen LogP contribution in [0.15, 0.2) is 18.2 Å². The van der Waals surface area contributed by atoms with Gasteiger partial charge in [0.05, 0.1) is 0 Å². The molecule has 12 heavy (non-hydrogen) atoms. The lowest BCUT2D eigenvalue weighted by Gasteiger charge is -2.29. The van der Waals surface area contributed by atoms with Gasteiger partial charge in [-0.3, -0.25) is 0 Å². The first-order chi connectivity index (χ1) is 5.77. The Morgan fingerprint density at radius 3 is 2.58 bits per heavy atom. The molecule has 1 aliphatic rings. The zero-order chi connectivity index (χ0) is 8.55. The Labute approximate surface area is 73.8 Å². The third-order valence-electron chi connectivity index (χ3n) is 2.62. The van der Waals surface area contributed by atoms with Crippen molar-refractivity contribution in [2.75, 3.05) is 6.54 Å². The molecule has 1 aromatic carbocycles. The molecular weight excluding hydrogens is 146 g/mol. The lowest BCUT2D eigenvalue weighted by Crippen LogP contribution is -2.35. The van der Waals surface area contributed by atoms with Crippen LogP contribution in [0.2, 0.25) is 0 Å². The standard InChI is InChI=1S/C11H15N/c1-8-3-4-10(9(2)7-8)11-5-6-12-11/h3-4,7,11-12H,5-6H2,1-2H3/t11-/m0/s1. The second-order valence-electron chi connectivity index (χ2n) is 3.66. The molecule has 0 aromatic heterocycles. The van der Waals surface area contributed by atoms with Crippen LogP contribution in [-0.4, -0.2) is 6.54 Å². The van der Waals surface area contributed by atoms with E-state index in [1.165, 1.54) is 29.7 Å². The van der Waals surface area contributed by atoms with Gasteiger partial charge in [-0.15, -0.1) is 0 Å². The van der Waals surface area contributed by atoms with E-state index < -0.39 is 0 Å². The van der Waals surface area contributed by atoms with Crippen molar-refractivity contribution in [2.24, 2.45) is 0 Å². The quantitative estimate of drug-likeness (QED) is 0.666. The third kappa shape index (κ3) is 1.25. The zero-order valence-electron chi connectivity index (χ0n) is 7.72. The average Bonchev–Trinajstić information content (AvgIpc) is 1.91. The molecule has 1 saturated heterocycles. The second kappa shape index (κ2) is 2.91. The van der Waals surface area contributed by atoms with Gasteiger partial charge in [0.25, 0.3) is 0 Å². The molecule has 0 radical (unpaired) electrons. The van der Waals surface area contributed by atoms with Crippen molar-refractivity contribution >= 4 is 0 Å². The summed E-state index contributed by atoms with van der Waals surface area (Å²) in [6.07, 6.45) is 1.30. The van der Waals surface area contributed by atoms with E-state index in [9.17, 15) is 0 Å². The maximum atomic E-state index is 3.42. The minimum absolute atomic E-state index is 0.630. The Bertz CT molecular complexity index is 287. The Balaban J connectivity index is 2.31. The molecule has 0 spiro atoms. The van der Waals surface area contributed by atoms with Crippen molar-refractivity contribution < 1.29 is 0 Å². The lowest BCUT2D eigenvalue weighted by molar-refractivity contribution is 0.382. The van der Waals surface area contributed by atoms with Gasteiger partial charge in [0.2, 0.25) is 0 Å². The predicted octanol–water partition coefficient (Wildman–Crippen LogP) is 2.34. The highest BCUT2D eigenvalue weighted by molar-refractivity contribution is 5.33. The molecule has 1 N–H and O–H groups in total. The van der Waals surface area contributed by atoms with Crippen molar-refractivity contribution in [2.45, 2.75) is 26.3 Å². The third-order valence-corrected chi connectivity index (χ3v) is 2.62. The summed E-state index contributed by atoms with van der Waals surface area (Å²) in [5.74, 6) is 0. The van der Waals surface area contributed by atoms with E-state index in [1.807, 2.05) is 0 Å². The van der Waals surface area contributed by atoms with Crippen LogP contribution >= 0.6 is 0 Å². The maximum Gasteiger partial charge on any atom is 0.0334 e. The summed E-state index contributed by atoms with van der Waals surface area (Å²) in [7, 11) is 0. The summed E-state index contributed by atoms with van der Waals surface area (Å²) in [6, 6.07) is 7.34. The summed E-state index contributed by atoms with van der Waals surface area (Å²) in [5, 5.41) is 3.42. The van der Waals surface area contributed by atoms with E-state index in [1.54, 1.807) is 0 Å². The Morgan fingerprint density at radius 1 is 1.33 bits per heavy atom. The summed E-state index contributed by atoms with van der Waals surface area (Å²) in [5.41, 5.74) is 4.26.